The van der Waals surface area contributed by atoms with E-state index in [0.29, 0.717) is 14.9 Å². The molecule has 2 aromatic rings. The number of carboxylic acid groups (broad SMARTS) is 1. The number of aliphatic carboxylic acids is 1. The molecule has 2 N–H and O–H groups in total. The molecule has 92 valence electrons. The summed E-state index contributed by atoms with van der Waals surface area (Å²) in [6.45, 7) is 0. The number of nitrogens with one attached hydrogen (secondary N) is 1. The number of thiophene rings is 1. The number of amides is 1. The van der Waals surface area contributed by atoms with Gasteiger partial charge in [-0.15, -0.1) is 22.7 Å². The summed E-state index contributed by atoms with van der Waals surface area (Å²) in [5.41, 5.74) is 0. The van der Waals surface area contributed by atoms with Gasteiger partial charge in [0, 0.05) is 22.5 Å². The first-order chi connectivity index (χ1) is 8.65. The first-order valence-corrected chi connectivity index (χ1v) is 6.56. The lowest BCUT2D eigenvalue weighted by Gasteiger charge is -1.96. The number of aromatic nitrogens is 1. The van der Waals surface area contributed by atoms with Crippen LogP contribution >= 0.6 is 22.7 Å². The quantitative estimate of drug-likeness (QED) is 0.843. The monoisotopic (exact) mass is 280 g/mol. The van der Waals surface area contributed by atoms with Gasteiger partial charge in [-0.1, -0.05) is 0 Å². The molecule has 1 amide bonds. The van der Waals surface area contributed by atoms with Crippen molar-refractivity contribution in [1.82, 2.24) is 4.98 Å². The molecule has 2 rings (SSSR count). The number of anilines is 1. The fourth-order valence-corrected chi connectivity index (χ4v) is 2.49. The second kappa shape index (κ2) is 5.56. The molecule has 5 nitrogen and oxygen atoms in total. The third kappa shape index (κ3) is 3.25. The van der Waals surface area contributed by atoms with Crippen LogP contribution in [0.3, 0.4) is 0 Å². The van der Waals surface area contributed by atoms with E-state index in [1.165, 1.54) is 28.7 Å². The number of hydrogen-bond acceptors (Lipinski definition) is 5. The van der Waals surface area contributed by atoms with Gasteiger partial charge >= 0.3 is 5.97 Å². The van der Waals surface area contributed by atoms with Crippen molar-refractivity contribution < 1.29 is 14.7 Å². The highest BCUT2D eigenvalue weighted by molar-refractivity contribution is 7.15. The molecule has 0 aromatic carbocycles. The van der Waals surface area contributed by atoms with E-state index < -0.39 is 5.97 Å². The molecule has 0 saturated carbocycles. The van der Waals surface area contributed by atoms with Gasteiger partial charge in [0.15, 0.2) is 5.13 Å². The van der Waals surface area contributed by atoms with E-state index in [-0.39, 0.29) is 5.91 Å². The summed E-state index contributed by atoms with van der Waals surface area (Å²) in [5.74, 6) is -1.26. The van der Waals surface area contributed by atoms with Crippen LogP contribution in [0.2, 0.25) is 0 Å². The van der Waals surface area contributed by atoms with Crippen molar-refractivity contribution in [2.45, 2.75) is 0 Å². The Balaban J connectivity index is 2.05. The van der Waals surface area contributed by atoms with Crippen LogP contribution in [-0.2, 0) is 4.79 Å². The molecule has 0 saturated heterocycles. The van der Waals surface area contributed by atoms with Crippen molar-refractivity contribution in [3.63, 3.8) is 0 Å². The van der Waals surface area contributed by atoms with Gasteiger partial charge in [0.25, 0.3) is 5.91 Å². The Labute approximate surface area is 110 Å². The Bertz CT molecular complexity index is 587. The zero-order valence-electron chi connectivity index (χ0n) is 8.99. The van der Waals surface area contributed by atoms with Crippen molar-refractivity contribution in [2.75, 3.05) is 5.32 Å². The van der Waals surface area contributed by atoms with E-state index >= 15 is 0 Å². The summed E-state index contributed by atoms with van der Waals surface area (Å²) in [4.78, 5) is 27.3. The number of rotatable bonds is 4. The smallest absolute Gasteiger partial charge is 0.328 e. The van der Waals surface area contributed by atoms with Gasteiger partial charge < -0.3 is 5.11 Å². The van der Waals surface area contributed by atoms with Crippen LogP contribution in [0.1, 0.15) is 14.5 Å². The minimum absolute atomic E-state index is 0.245. The van der Waals surface area contributed by atoms with Gasteiger partial charge in [-0.3, -0.25) is 10.1 Å². The summed E-state index contributed by atoms with van der Waals surface area (Å²) >= 11 is 2.56. The predicted octanol–water partition coefficient (Wildman–Crippen LogP) is 2.55. The molecule has 0 aliphatic carbocycles. The van der Waals surface area contributed by atoms with Gasteiger partial charge in [-0.05, 0) is 18.2 Å². The minimum Gasteiger partial charge on any atom is -0.478 e. The van der Waals surface area contributed by atoms with Gasteiger partial charge in [-0.25, -0.2) is 9.78 Å². The van der Waals surface area contributed by atoms with Crippen LogP contribution in [0.15, 0.2) is 29.8 Å². The molecule has 0 unspecified atom stereocenters. The minimum atomic E-state index is -1.02. The van der Waals surface area contributed by atoms with Crippen LogP contribution in [0.25, 0.3) is 6.08 Å². The largest absolute Gasteiger partial charge is 0.478 e. The number of nitrogens with zero attached hydrogens (tertiary/aromatic N) is 1. The number of hydrogen-bond donors (Lipinski definition) is 2. The van der Waals surface area contributed by atoms with Gasteiger partial charge in [0.05, 0.1) is 4.88 Å². The fraction of sp³-hybridized carbons (Fsp3) is 0. The van der Waals surface area contributed by atoms with E-state index in [9.17, 15) is 9.59 Å². The number of thiazole rings is 1. The maximum atomic E-state index is 11.8. The molecule has 0 spiro atoms. The van der Waals surface area contributed by atoms with Crippen molar-refractivity contribution >= 4 is 45.8 Å². The Morgan fingerprint density at radius 2 is 2.22 bits per heavy atom. The third-order valence-electron chi connectivity index (χ3n) is 1.89. The van der Waals surface area contributed by atoms with E-state index in [0.717, 1.165) is 6.08 Å². The molecule has 7 heteroatoms. The van der Waals surface area contributed by atoms with Gasteiger partial charge in [0.1, 0.15) is 0 Å². The molecule has 0 atom stereocenters. The Kier molecular flexibility index (Phi) is 3.85. The highest BCUT2D eigenvalue weighted by Gasteiger charge is 2.09. The first kappa shape index (κ1) is 12.5. The molecular weight excluding hydrogens is 272 g/mol. The maximum Gasteiger partial charge on any atom is 0.328 e. The molecule has 0 aliphatic rings. The second-order valence-corrected chi connectivity index (χ2v) is 5.17. The topological polar surface area (TPSA) is 79.3 Å². The van der Waals surface area contributed by atoms with Crippen molar-refractivity contribution in [1.29, 1.82) is 0 Å². The van der Waals surface area contributed by atoms with Crippen molar-refractivity contribution in [3.8, 4) is 0 Å². The lowest BCUT2D eigenvalue weighted by atomic mass is 10.4. The number of carboxylic acids is 1. The summed E-state index contributed by atoms with van der Waals surface area (Å²) in [6, 6.07) is 3.34. The summed E-state index contributed by atoms with van der Waals surface area (Å²) in [5, 5.41) is 13.5. The fourth-order valence-electron chi connectivity index (χ4n) is 1.16. The number of carbonyl (C=O) groups is 2. The summed E-state index contributed by atoms with van der Waals surface area (Å²) in [7, 11) is 0. The lowest BCUT2D eigenvalue weighted by Crippen LogP contribution is -2.09. The molecule has 0 bridgehead atoms. The van der Waals surface area contributed by atoms with Crippen LogP contribution in [0.5, 0.6) is 0 Å². The van der Waals surface area contributed by atoms with Crippen LogP contribution in [0, 0.1) is 0 Å². The summed E-state index contributed by atoms with van der Waals surface area (Å²) < 4.78 is 0. The van der Waals surface area contributed by atoms with Gasteiger partial charge in [-0.2, -0.15) is 0 Å². The molecule has 2 heterocycles. The average molecular weight is 280 g/mol. The lowest BCUT2D eigenvalue weighted by molar-refractivity contribution is -0.131. The average Bonchev–Trinajstić information content (AvgIpc) is 2.96. The third-order valence-corrected chi connectivity index (χ3v) is 3.63. The van der Waals surface area contributed by atoms with E-state index in [1.807, 2.05) is 0 Å². The zero-order valence-corrected chi connectivity index (χ0v) is 10.6. The Hall–Kier alpha value is -1.99. The SMILES string of the molecule is O=C(O)C=Cc1ccc(C(=O)Nc2nccs2)s1. The molecule has 0 fully saturated rings. The Morgan fingerprint density at radius 1 is 1.39 bits per heavy atom. The van der Waals surface area contributed by atoms with Crippen LogP contribution in [0.4, 0.5) is 5.13 Å². The highest BCUT2D eigenvalue weighted by Crippen LogP contribution is 2.20. The molecule has 18 heavy (non-hydrogen) atoms. The van der Waals surface area contributed by atoms with E-state index in [4.69, 9.17) is 5.11 Å². The predicted molar refractivity (Wildman–Crippen MR) is 71.1 cm³/mol. The molecule has 2 aromatic heterocycles. The van der Waals surface area contributed by atoms with Crippen LogP contribution < -0.4 is 5.32 Å². The van der Waals surface area contributed by atoms with E-state index in [1.54, 1.807) is 23.7 Å². The zero-order chi connectivity index (χ0) is 13.0. The van der Waals surface area contributed by atoms with E-state index in [2.05, 4.69) is 10.3 Å². The maximum absolute atomic E-state index is 11.8. The summed E-state index contributed by atoms with van der Waals surface area (Å²) in [6.07, 6.45) is 4.09. The second-order valence-electron chi connectivity index (χ2n) is 3.16. The molecule has 0 aliphatic heterocycles. The molecular formula is C11H8N2O3S2. The normalized spacial score (nSPS) is 10.7. The van der Waals surface area contributed by atoms with Crippen LogP contribution in [-0.4, -0.2) is 22.0 Å². The standard InChI is InChI=1S/C11H8N2O3S2/c14-9(15)4-2-7-1-3-8(18-7)10(16)13-11-12-5-6-17-11/h1-6H,(H,14,15)(H,12,13,16). The van der Waals surface area contributed by atoms with Crippen molar-refractivity contribution in [2.24, 2.45) is 0 Å². The van der Waals surface area contributed by atoms with Gasteiger partial charge in [0.2, 0.25) is 0 Å². The molecule has 0 radical (unpaired) electrons. The highest BCUT2D eigenvalue weighted by atomic mass is 32.1. The first-order valence-electron chi connectivity index (χ1n) is 4.87. The number of carbonyl (C=O) groups excluding carboxylic acids is 1. The van der Waals surface area contributed by atoms with Crippen molar-refractivity contribution in [3.05, 3.63) is 39.5 Å². The Morgan fingerprint density at radius 3 is 2.89 bits per heavy atom.